The van der Waals surface area contributed by atoms with E-state index in [1.165, 1.54) is 7.11 Å². The van der Waals surface area contributed by atoms with Crippen molar-refractivity contribution >= 4 is 46.6 Å². The summed E-state index contributed by atoms with van der Waals surface area (Å²) in [7, 11) is 2.95. The molecular formula is C11H13Cl3N2O2. The van der Waals surface area contributed by atoms with Gasteiger partial charge in [0.15, 0.2) is 6.17 Å². The quantitative estimate of drug-likeness (QED) is 0.688. The van der Waals surface area contributed by atoms with Gasteiger partial charge in [0.25, 0.3) is 0 Å². The lowest BCUT2D eigenvalue weighted by Crippen LogP contribution is -2.54. The normalized spacial score (nSPS) is 12.7. The van der Waals surface area contributed by atoms with Crippen LogP contribution in [0.3, 0.4) is 0 Å². The Morgan fingerprint density at radius 3 is 2.33 bits per heavy atom. The van der Waals surface area contributed by atoms with E-state index < -0.39 is 16.1 Å². The van der Waals surface area contributed by atoms with Crippen LogP contribution in [0.15, 0.2) is 30.3 Å². The van der Waals surface area contributed by atoms with E-state index >= 15 is 0 Å². The molecule has 1 rings (SSSR count). The van der Waals surface area contributed by atoms with Crippen molar-refractivity contribution in [3.8, 4) is 0 Å². The Morgan fingerprint density at radius 1 is 1.33 bits per heavy atom. The fraction of sp³-hybridized carbons (Fsp3) is 0.364. The van der Waals surface area contributed by atoms with Crippen LogP contribution in [0.5, 0.6) is 0 Å². The third kappa shape index (κ3) is 4.12. The van der Waals surface area contributed by atoms with Gasteiger partial charge < -0.3 is 9.64 Å². The summed E-state index contributed by atoms with van der Waals surface area (Å²) in [4.78, 5) is 12.9. The number of alkyl halides is 3. The molecule has 0 fully saturated rings. The lowest BCUT2D eigenvalue weighted by atomic mass is 10.3. The van der Waals surface area contributed by atoms with E-state index in [-0.39, 0.29) is 0 Å². The van der Waals surface area contributed by atoms with E-state index in [4.69, 9.17) is 34.8 Å². The predicted octanol–water partition coefficient (Wildman–Crippen LogP) is 3.18. The number of alkyl carbamates (subject to hydrolysis) is 1. The SMILES string of the molecule is COC(=O)N[C@@H](N(C)c1ccccc1)C(Cl)(Cl)Cl. The molecule has 0 saturated carbocycles. The number of methoxy groups -OCH3 is 1. The molecule has 0 aliphatic heterocycles. The Balaban J connectivity index is 2.93. The first-order valence-corrected chi connectivity index (χ1v) is 6.18. The Bertz CT molecular complexity index is 395. The first-order chi connectivity index (χ1) is 8.36. The predicted molar refractivity (Wildman–Crippen MR) is 74.5 cm³/mol. The van der Waals surface area contributed by atoms with Crippen LogP contribution in [-0.4, -0.2) is 30.2 Å². The molecular weight excluding hydrogens is 298 g/mol. The first-order valence-electron chi connectivity index (χ1n) is 5.05. The van der Waals surface area contributed by atoms with Gasteiger partial charge in [-0.05, 0) is 12.1 Å². The number of hydrogen-bond acceptors (Lipinski definition) is 3. The number of rotatable bonds is 3. The minimum absolute atomic E-state index is 0.672. The monoisotopic (exact) mass is 310 g/mol. The molecule has 1 aromatic carbocycles. The summed E-state index contributed by atoms with van der Waals surface area (Å²) in [6.07, 6.45) is -1.52. The maximum Gasteiger partial charge on any atom is 0.408 e. The third-order valence-corrected chi connectivity index (χ3v) is 2.92. The molecule has 0 spiro atoms. The number of anilines is 1. The number of nitrogens with one attached hydrogen (secondary N) is 1. The number of para-hydroxylation sites is 1. The summed E-state index contributed by atoms with van der Waals surface area (Å²) in [6, 6.07) is 9.24. The van der Waals surface area contributed by atoms with E-state index in [0.717, 1.165) is 5.69 Å². The highest BCUT2D eigenvalue weighted by Crippen LogP contribution is 2.33. The zero-order valence-corrected chi connectivity index (χ0v) is 12.1. The molecule has 0 bridgehead atoms. The standard InChI is InChI=1S/C11H13Cl3N2O2/c1-16(8-6-4-3-5-7-8)9(11(12,13)14)15-10(17)18-2/h3-7,9H,1-2H3,(H,15,17)/t9-/m0/s1. The van der Waals surface area contributed by atoms with Crippen LogP contribution >= 0.6 is 34.8 Å². The molecule has 7 heteroatoms. The lowest BCUT2D eigenvalue weighted by molar-refractivity contribution is 0.166. The Labute approximate surface area is 121 Å². The van der Waals surface area contributed by atoms with Crippen LogP contribution in [0, 0.1) is 0 Å². The summed E-state index contributed by atoms with van der Waals surface area (Å²) in [5.74, 6) is 0. The molecule has 18 heavy (non-hydrogen) atoms. The van der Waals surface area contributed by atoms with E-state index in [2.05, 4.69) is 10.1 Å². The molecule has 0 aliphatic rings. The van der Waals surface area contributed by atoms with Crippen molar-refractivity contribution in [2.45, 2.75) is 9.96 Å². The van der Waals surface area contributed by atoms with Crippen LogP contribution in [-0.2, 0) is 4.74 Å². The van der Waals surface area contributed by atoms with Crippen molar-refractivity contribution in [1.29, 1.82) is 0 Å². The van der Waals surface area contributed by atoms with Gasteiger partial charge in [-0.15, -0.1) is 0 Å². The van der Waals surface area contributed by atoms with Crippen LogP contribution in [0.25, 0.3) is 0 Å². The molecule has 4 nitrogen and oxygen atoms in total. The maximum absolute atomic E-state index is 11.3. The number of benzene rings is 1. The second kappa shape index (κ2) is 6.36. The molecule has 0 saturated heterocycles. The van der Waals surface area contributed by atoms with Crippen molar-refractivity contribution < 1.29 is 9.53 Å². The Hall–Kier alpha value is -0.840. The number of carbonyl (C=O) groups excluding carboxylic acids is 1. The number of hydrogen-bond donors (Lipinski definition) is 1. The van der Waals surface area contributed by atoms with Gasteiger partial charge in [0.2, 0.25) is 3.79 Å². The summed E-state index contributed by atoms with van der Waals surface area (Å²) in [6.45, 7) is 0. The van der Waals surface area contributed by atoms with Crippen molar-refractivity contribution in [3.63, 3.8) is 0 Å². The molecule has 1 atom stereocenters. The van der Waals surface area contributed by atoms with Crippen LogP contribution in [0.2, 0.25) is 0 Å². The maximum atomic E-state index is 11.3. The highest BCUT2D eigenvalue weighted by molar-refractivity contribution is 6.68. The van der Waals surface area contributed by atoms with E-state index in [0.29, 0.717) is 0 Å². The van der Waals surface area contributed by atoms with Crippen LogP contribution < -0.4 is 10.2 Å². The number of halogens is 3. The van der Waals surface area contributed by atoms with Crippen molar-refractivity contribution in [1.82, 2.24) is 5.32 Å². The Morgan fingerprint density at radius 2 is 1.89 bits per heavy atom. The van der Waals surface area contributed by atoms with Crippen LogP contribution in [0.4, 0.5) is 10.5 Å². The number of nitrogens with zero attached hydrogens (tertiary/aromatic N) is 1. The minimum atomic E-state index is -1.70. The summed E-state index contributed by atoms with van der Waals surface area (Å²) >= 11 is 17.6. The van der Waals surface area contributed by atoms with Gasteiger partial charge in [-0.25, -0.2) is 4.79 Å². The van der Waals surface area contributed by atoms with Crippen molar-refractivity contribution in [3.05, 3.63) is 30.3 Å². The van der Waals surface area contributed by atoms with E-state index in [1.807, 2.05) is 30.3 Å². The number of amides is 1. The minimum Gasteiger partial charge on any atom is -0.453 e. The molecule has 0 heterocycles. The molecule has 0 unspecified atom stereocenters. The average molecular weight is 312 g/mol. The zero-order valence-electron chi connectivity index (χ0n) is 9.86. The van der Waals surface area contributed by atoms with Gasteiger partial charge in [0.1, 0.15) is 0 Å². The first kappa shape index (κ1) is 15.2. The van der Waals surface area contributed by atoms with Gasteiger partial charge >= 0.3 is 6.09 Å². The smallest absolute Gasteiger partial charge is 0.408 e. The fourth-order valence-electron chi connectivity index (χ4n) is 1.38. The van der Waals surface area contributed by atoms with E-state index in [1.54, 1.807) is 11.9 Å². The fourth-order valence-corrected chi connectivity index (χ4v) is 1.98. The molecule has 0 aliphatic carbocycles. The summed E-state index contributed by atoms with van der Waals surface area (Å²) in [5.41, 5.74) is 0.797. The zero-order chi connectivity index (χ0) is 13.8. The molecule has 1 N–H and O–H groups in total. The molecule has 0 radical (unpaired) electrons. The second-order valence-electron chi connectivity index (χ2n) is 3.53. The van der Waals surface area contributed by atoms with Gasteiger partial charge in [-0.1, -0.05) is 53.0 Å². The number of ether oxygens (including phenoxy) is 1. The molecule has 100 valence electrons. The highest BCUT2D eigenvalue weighted by Gasteiger charge is 2.37. The van der Waals surface area contributed by atoms with Gasteiger partial charge in [-0.3, -0.25) is 5.32 Å². The summed E-state index contributed by atoms with van der Waals surface area (Å²) < 4.78 is 2.81. The topological polar surface area (TPSA) is 41.6 Å². The molecule has 1 amide bonds. The van der Waals surface area contributed by atoms with Gasteiger partial charge in [-0.2, -0.15) is 0 Å². The van der Waals surface area contributed by atoms with Gasteiger partial charge in [0.05, 0.1) is 7.11 Å². The van der Waals surface area contributed by atoms with Crippen molar-refractivity contribution in [2.24, 2.45) is 0 Å². The average Bonchev–Trinajstić information content (AvgIpc) is 2.34. The highest BCUT2D eigenvalue weighted by atomic mass is 35.6. The number of carbonyl (C=O) groups is 1. The summed E-state index contributed by atoms with van der Waals surface area (Å²) in [5, 5.41) is 2.47. The van der Waals surface area contributed by atoms with E-state index in [9.17, 15) is 4.79 Å². The lowest BCUT2D eigenvalue weighted by Gasteiger charge is -2.34. The largest absolute Gasteiger partial charge is 0.453 e. The second-order valence-corrected chi connectivity index (χ2v) is 5.90. The van der Waals surface area contributed by atoms with Crippen molar-refractivity contribution in [2.75, 3.05) is 19.1 Å². The Kier molecular flexibility index (Phi) is 5.38. The third-order valence-electron chi connectivity index (χ3n) is 2.30. The molecule has 1 aromatic rings. The van der Waals surface area contributed by atoms with Gasteiger partial charge in [0, 0.05) is 12.7 Å². The van der Waals surface area contributed by atoms with Crippen LogP contribution in [0.1, 0.15) is 0 Å². The molecule has 0 aromatic heterocycles.